The van der Waals surface area contributed by atoms with Crippen LogP contribution in [0.4, 0.5) is 5.13 Å². The minimum absolute atomic E-state index is 0.0221. The Bertz CT molecular complexity index is 1210. The zero-order chi connectivity index (χ0) is 23.5. The van der Waals surface area contributed by atoms with Crippen molar-refractivity contribution in [2.45, 2.75) is 26.7 Å². The fourth-order valence-corrected chi connectivity index (χ4v) is 4.69. The molecule has 2 aromatic carbocycles. The number of anilines is 1. The average molecular weight is 465 g/mol. The number of carbonyl (C=O) groups excluding carboxylic acids is 3. The summed E-state index contributed by atoms with van der Waals surface area (Å²) in [5.74, 6) is -0.279. The third-order valence-corrected chi connectivity index (χ3v) is 7.01. The Labute approximate surface area is 197 Å². The summed E-state index contributed by atoms with van der Waals surface area (Å²) in [6, 6.07) is 11.0. The number of amides is 2. The molecule has 1 fully saturated rings. The van der Waals surface area contributed by atoms with E-state index in [1.165, 1.54) is 11.3 Å². The molecule has 0 radical (unpaired) electrons. The number of piperazine rings is 1. The van der Waals surface area contributed by atoms with Crippen LogP contribution in [0.25, 0.3) is 10.2 Å². The number of fused-ring (bicyclic) bond motifs is 1. The molecule has 1 N–H and O–H groups in total. The molecular weight excluding hydrogens is 436 g/mol. The van der Waals surface area contributed by atoms with Crippen molar-refractivity contribution in [3.63, 3.8) is 0 Å². The van der Waals surface area contributed by atoms with Crippen LogP contribution in [0.2, 0.25) is 0 Å². The first-order valence-corrected chi connectivity index (χ1v) is 11.9. The number of aromatic nitrogens is 1. The molecule has 2 heterocycles. The van der Waals surface area contributed by atoms with E-state index in [-0.39, 0.29) is 30.4 Å². The number of likely N-dealkylation sites (N-methyl/N-ethyl adjacent to an activating group) is 1. The fraction of sp³-hybridized carbons (Fsp3) is 0.360. The highest BCUT2D eigenvalue weighted by molar-refractivity contribution is 7.22. The van der Waals surface area contributed by atoms with Gasteiger partial charge in [-0.2, -0.15) is 0 Å². The van der Waals surface area contributed by atoms with Gasteiger partial charge >= 0.3 is 0 Å². The van der Waals surface area contributed by atoms with Gasteiger partial charge in [-0.25, -0.2) is 4.98 Å². The molecular formula is C25H28N4O3S. The van der Waals surface area contributed by atoms with Gasteiger partial charge in [0, 0.05) is 50.1 Å². The molecule has 1 aliphatic heterocycles. The van der Waals surface area contributed by atoms with Gasteiger partial charge in [-0.05, 0) is 56.3 Å². The Morgan fingerprint density at radius 1 is 0.939 bits per heavy atom. The molecule has 3 aromatic rings. The van der Waals surface area contributed by atoms with E-state index in [1.807, 2.05) is 43.0 Å². The molecule has 0 aliphatic carbocycles. The number of nitrogens with one attached hydrogen (secondary N) is 1. The highest BCUT2D eigenvalue weighted by Crippen LogP contribution is 2.27. The Morgan fingerprint density at radius 3 is 2.39 bits per heavy atom. The topological polar surface area (TPSA) is 82.6 Å². The van der Waals surface area contributed by atoms with Crippen molar-refractivity contribution in [2.24, 2.45) is 0 Å². The predicted octanol–water partition coefficient (Wildman–Crippen LogP) is 3.90. The molecule has 0 atom stereocenters. The lowest BCUT2D eigenvalue weighted by Gasteiger charge is -2.32. The van der Waals surface area contributed by atoms with Gasteiger partial charge in [-0.3, -0.25) is 14.4 Å². The van der Waals surface area contributed by atoms with Crippen LogP contribution in [0.5, 0.6) is 0 Å². The van der Waals surface area contributed by atoms with E-state index >= 15 is 0 Å². The number of rotatable bonds is 6. The normalized spacial score (nSPS) is 14.5. The minimum Gasteiger partial charge on any atom is -0.336 e. The zero-order valence-electron chi connectivity index (χ0n) is 19.2. The molecule has 1 aliphatic rings. The second-order valence-corrected chi connectivity index (χ2v) is 9.60. The SMILES string of the molecule is Cc1ccc(C(=O)CCC(=O)Nc2nc3ccc(C(=O)N4CCN(C)CC4)cc3s2)cc1C. The van der Waals surface area contributed by atoms with Crippen LogP contribution < -0.4 is 5.32 Å². The van der Waals surface area contributed by atoms with Crippen molar-refractivity contribution in [3.05, 3.63) is 58.7 Å². The Morgan fingerprint density at radius 2 is 1.67 bits per heavy atom. The lowest BCUT2D eigenvalue weighted by molar-refractivity contribution is -0.116. The molecule has 1 saturated heterocycles. The maximum Gasteiger partial charge on any atom is 0.253 e. The van der Waals surface area contributed by atoms with E-state index in [4.69, 9.17) is 0 Å². The highest BCUT2D eigenvalue weighted by atomic mass is 32.1. The quantitative estimate of drug-likeness (QED) is 0.560. The summed E-state index contributed by atoms with van der Waals surface area (Å²) in [5.41, 5.74) is 4.19. The van der Waals surface area contributed by atoms with Gasteiger partial charge in [0.15, 0.2) is 10.9 Å². The molecule has 8 heteroatoms. The van der Waals surface area contributed by atoms with Crippen LogP contribution in [-0.4, -0.2) is 65.6 Å². The van der Waals surface area contributed by atoms with E-state index in [0.717, 1.165) is 47.5 Å². The Balaban J connectivity index is 1.36. The number of Topliss-reactive ketones (excluding diaryl/α,β-unsaturated/α-hetero) is 1. The van der Waals surface area contributed by atoms with Gasteiger partial charge in [0.05, 0.1) is 10.2 Å². The van der Waals surface area contributed by atoms with Crippen molar-refractivity contribution in [1.29, 1.82) is 0 Å². The number of thiazole rings is 1. The second-order valence-electron chi connectivity index (χ2n) is 8.57. The van der Waals surface area contributed by atoms with Gasteiger partial charge in [0.1, 0.15) is 0 Å². The summed E-state index contributed by atoms with van der Waals surface area (Å²) in [6.07, 6.45) is 0.234. The first-order chi connectivity index (χ1) is 15.8. The van der Waals surface area contributed by atoms with Crippen LogP contribution >= 0.6 is 11.3 Å². The van der Waals surface area contributed by atoms with E-state index in [9.17, 15) is 14.4 Å². The molecule has 7 nitrogen and oxygen atoms in total. The van der Waals surface area contributed by atoms with Gasteiger partial charge in [0.25, 0.3) is 5.91 Å². The minimum atomic E-state index is -0.250. The van der Waals surface area contributed by atoms with Crippen LogP contribution in [0.15, 0.2) is 36.4 Å². The van der Waals surface area contributed by atoms with Gasteiger partial charge < -0.3 is 15.1 Å². The number of benzene rings is 2. The third-order valence-electron chi connectivity index (χ3n) is 6.08. The maximum absolute atomic E-state index is 12.8. The number of hydrogen-bond donors (Lipinski definition) is 1. The monoisotopic (exact) mass is 464 g/mol. The molecule has 0 spiro atoms. The smallest absolute Gasteiger partial charge is 0.253 e. The van der Waals surface area contributed by atoms with E-state index in [1.54, 1.807) is 12.1 Å². The molecule has 172 valence electrons. The van der Waals surface area contributed by atoms with E-state index in [0.29, 0.717) is 16.3 Å². The first kappa shape index (κ1) is 23.1. The summed E-state index contributed by atoms with van der Waals surface area (Å²) < 4.78 is 0.844. The van der Waals surface area contributed by atoms with E-state index in [2.05, 4.69) is 22.2 Å². The zero-order valence-corrected chi connectivity index (χ0v) is 20.0. The third kappa shape index (κ3) is 5.46. The Kier molecular flexibility index (Phi) is 6.85. The predicted molar refractivity (Wildman–Crippen MR) is 131 cm³/mol. The highest BCUT2D eigenvalue weighted by Gasteiger charge is 2.21. The number of hydrogen-bond acceptors (Lipinski definition) is 6. The van der Waals surface area contributed by atoms with E-state index < -0.39 is 0 Å². The molecule has 0 saturated carbocycles. The van der Waals surface area contributed by atoms with Crippen molar-refractivity contribution < 1.29 is 14.4 Å². The molecule has 4 rings (SSSR count). The average Bonchev–Trinajstić information content (AvgIpc) is 3.20. The standard InChI is InChI=1S/C25H28N4O3S/c1-16-4-5-18(14-17(16)2)21(30)8-9-23(31)27-25-26-20-7-6-19(15-22(20)33-25)24(32)29-12-10-28(3)11-13-29/h4-7,14-15H,8-13H2,1-3H3,(H,26,27,31). The van der Waals surface area contributed by atoms with Crippen molar-refractivity contribution in [3.8, 4) is 0 Å². The first-order valence-electron chi connectivity index (χ1n) is 11.1. The van der Waals surface area contributed by atoms with Gasteiger partial charge in [0.2, 0.25) is 5.91 Å². The lowest BCUT2D eigenvalue weighted by Crippen LogP contribution is -2.47. The van der Waals surface area contributed by atoms with Gasteiger partial charge in [-0.15, -0.1) is 0 Å². The molecule has 0 unspecified atom stereocenters. The molecule has 2 amide bonds. The maximum atomic E-state index is 12.8. The van der Waals surface area contributed by atoms with Crippen LogP contribution in [0.1, 0.15) is 44.7 Å². The molecule has 33 heavy (non-hydrogen) atoms. The molecule has 0 bridgehead atoms. The van der Waals surface area contributed by atoms with Crippen LogP contribution in [0, 0.1) is 13.8 Å². The van der Waals surface area contributed by atoms with Crippen molar-refractivity contribution >= 4 is 44.3 Å². The summed E-state index contributed by atoms with van der Waals surface area (Å²) in [4.78, 5) is 46.2. The largest absolute Gasteiger partial charge is 0.336 e. The van der Waals surface area contributed by atoms with Gasteiger partial charge in [-0.1, -0.05) is 23.5 Å². The summed E-state index contributed by atoms with van der Waals surface area (Å²) in [6.45, 7) is 7.15. The second kappa shape index (κ2) is 9.80. The van der Waals surface area contributed by atoms with Crippen molar-refractivity contribution in [2.75, 3.05) is 38.5 Å². The fourth-order valence-electron chi connectivity index (χ4n) is 3.77. The summed E-state index contributed by atoms with van der Waals surface area (Å²) in [5, 5.41) is 3.26. The summed E-state index contributed by atoms with van der Waals surface area (Å²) >= 11 is 1.33. The lowest BCUT2D eigenvalue weighted by atomic mass is 10.0. The Hall–Kier alpha value is -3.10. The van der Waals surface area contributed by atoms with Crippen molar-refractivity contribution in [1.82, 2.24) is 14.8 Å². The van der Waals surface area contributed by atoms with Crippen LogP contribution in [0.3, 0.4) is 0 Å². The number of ketones is 1. The number of nitrogens with zero attached hydrogens (tertiary/aromatic N) is 3. The number of aryl methyl sites for hydroxylation is 2. The molecule has 1 aromatic heterocycles. The van der Waals surface area contributed by atoms with Crippen LogP contribution in [-0.2, 0) is 4.79 Å². The summed E-state index contributed by atoms with van der Waals surface area (Å²) in [7, 11) is 2.06. The number of carbonyl (C=O) groups is 3.